The normalized spacial score (nSPS) is 13.5. The molecule has 9 nitrogen and oxygen atoms in total. The van der Waals surface area contributed by atoms with Crippen molar-refractivity contribution >= 4 is 23.2 Å². The second-order valence-corrected chi connectivity index (χ2v) is 8.99. The van der Waals surface area contributed by atoms with Gasteiger partial charge in [-0.05, 0) is 37.1 Å². The van der Waals surface area contributed by atoms with E-state index in [1.165, 1.54) is 6.07 Å². The Labute approximate surface area is 211 Å². The van der Waals surface area contributed by atoms with E-state index in [1.807, 2.05) is 38.1 Å². The van der Waals surface area contributed by atoms with Crippen LogP contribution in [0.3, 0.4) is 0 Å². The molecule has 1 aliphatic heterocycles. The molecule has 2 amide bonds. The highest BCUT2D eigenvalue weighted by Crippen LogP contribution is 2.24. The number of carbonyl (C=O) groups is 3. The second-order valence-electron chi connectivity index (χ2n) is 8.99. The SMILES string of the molecule is Cc1ccc([C@H](C)NC(=O)c2cc(C(=O)NCc3ccc4c(c3)CC(=O)CO4)nc3c(F)cnn23)cc1. The first-order valence-corrected chi connectivity index (χ1v) is 11.7. The molecule has 0 saturated heterocycles. The number of halogens is 1. The largest absolute Gasteiger partial charge is 0.486 e. The van der Waals surface area contributed by atoms with Crippen LogP contribution in [-0.4, -0.2) is 38.8 Å². The van der Waals surface area contributed by atoms with Gasteiger partial charge in [0.1, 0.15) is 23.7 Å². The van der Waals surface area contributed by atoms with Crippen LogP contribution in [0.2, 0.25) is 0 Å². The zero-order valence-corrected chi connectivity index (χ0v) is 20.2. The van der Waals surface area contributed by atoms with Gasteiger partial charge in [-0.3, -0.25) is 14.4 Å². The van der Waals surface area contributed by atoms with Crippen molar-refractivity contribution in [3.63, 3.8) is 0 Å². The average molecular weight is 502 g/mol. The number of hydrogen-bond acceptors (Lipinski definition) is 6. The molecule has 0 unspecified atom stereocenters. The van der Waals surface area contributed by atoms with Crippen LogP contribution >= 0.6 is 0 Å². The van der Waals surface area contributed by atoms with E-state index in [9.17, 15) is 18.8 Å². The Balaban J connectivity index is 1.36. The van der Waals surface area contributed by atoms with Crippen LogP contribution in [0.4, 0.5) is 4.39 Å². The van der Waals surface area contributed by atoms with Gasteiger partial charge in [0.15, 0.2) is 17.2 Å². The van der Waals surface area contributed by atoms with Crippen LogP contribution in [0.5, 0.6) is 5.75 Å². The van der Waals surface area contributed by atoms with E-state index in [-0.39, 0.29) is 48.4 Å². The molecular weight excluding hydrogens is 477 g/mol. The molecule has 5 rings (SSSR count). The maximum Gasteiger partial charge on any atom is 0.270 e. The molecule has 2 aromatic heterocycles. The van der Waals surface area contributed by atoms with E-state index in [4.69, 9.17) is 4.74 Å². The van der Waals surface area contributed by atoms with Gasteiger partial charge in [-0.25, -0.2) is 13.9 Å². The summed E-state index contributed by atoms with van der Waals surface area (Å²) in [5, 5.41) is 9.52. The van der Waals surface area contributed by atoms with Gasteiger partial charge in [0.2, 0.25) is 0 Å². The number of ketones is 1. The Morgan fingerprint density at radius 1 is 1.14 bits per heavy atom. The van der Waals surface area contributed by atoms with Gasteiger partial charge >= 0.3 is 0 Å². The van der Waals surface area contributed by atoms with Crippen LogP contribution in [0, 0.1) is 12.7 Å². The summed E-state index contributed by atoms with van der Waals surface area (Å²) in [7, 11) is 0. The number of fused-ring (bicyclic) bond motifs is 2. The number of carbonyl (C=O) groups excluding carboxylic acids is 3. The van der Waals surface area contributed by atoms with Crippen LogP contribution in [0.25, 0.3) is 5.65 Å². The van der Waals surface area contributed by atoms with Gasteiger partial charge in [0, 0.05) is 24.6 Å². The van der Waals surface area contributed by atoms with Gasteiger partial charge in [-0.15, -0.1) is 0 Å². The first kappa shape index (κ1) is 24.1. The fraction of sp³-hybridized carbons (Fsp3) is 0.222. The van der Waals surface area contributed by atoms with E-state index < -0.39 is 17.6 Å². The lowest BCUT2D eigenvalue weighted by Gasteiger charge is -2.17. The Morgan fingerprint density at radius 2 is 1.92 bits per heavy atom. The molecule has 1 aliphatic rings. The van der Waals surface area contributed by atoms with Gasteiger partial charge in [0.05, 0.1) is 12.2 Å². The predicted molar refractivity (Wildman–Crippen MR) is 132 cm³/mol. The van der Waals surface area contributed by atoms with Crippen molar-refractivity contribution in [3.8, 4) is 5.75 Å². The number of aryl methyl sites for hydroxylation is 1. The summed E-state index contributed by atoms with van der Waals surface area (Å²) in [5.41, 5.74) is 3.12. The smallest absolute Gasteiger partial charge is 0.270 e. The van der Waals surface area contributed by atoms with Crippen LogP contribution in [0.15, 0.2) is 54.7 Å². The molecular formula is C27H24FN5O4. The molecule has 1 atom stereocenters. The Hall–Kier alpha value is -4.60. The quantitative estimate of drug-likeness (QED) is 0.420. The van der Waals surface area contributed by atoms with E-state index in [2.05, 4.69) is 20.7 Å². The summed E-state index contributed by atoms with van der Waals surface area (Å²) >= 11 is 0. The fourth-order valence-corrected chi connectivity index (χ4v) is 4.14. The van der Waals surface area contributed by atoms with Crippen LogP contribution < -0.4 is 15.4 Å². The lowest BCUT2D eigenvalue weighted by atomic mass is 10.0. The number of rotatable bonds is 6. The third-order valence-corrected chi connectivity index (χ3v) is 6.17. The summed E-state index contributed by atoms with van der Waals surface area (Å²) in [5.74, 6) is -1.24. The fourth-order valence-electron chi connectivity index (χ4n) is 4.14. The van der Waals surface area contributed by atoms with E-state index >= 15 is 0 Å². The number of hydrogen-bond donors (Lipinski definition) is 2. The molecule has 0 aliphatic carbocycles. The maximum absolute atomic E-state index is 14.4. The highest BCUT2D eigenvalue weighted by atomic mass is 19.1. The summed E-state index contributed by atoms with van der Waals surface area (Å²) < 4.78 is 20.9. The molecule has 37 heavy (non-hydrogen) atoms. The van der Waals surface area contributed by atoms with Gasteiger partial charge in [-0.1, -0.05) is 35.9 Å². The third-order valence-electron chi connectivity index (χ3n) is 6.17. The van der Waals surface area contributed by atoms with Crippen molar-refractivity contribution < 1.29 is 23.5 Å². The average Bonchev–Trinajstić information content (AvgIpc) is 3.27. The van der Waals surface area contributed by atoms with Crippen molar-refractivity contribution in [2.45, 2.75) is 32.9 Å². The van der Waals surface area contributed by atoms with Crippen LogP contribution in [0.1, 0.15) is 56.2 Å². The number of nitrogens with zero attached hydrogens (tertiary/aromatic N) is 3. The summed E-state index contributed by atoms with van der Waals surface area (Å²) in [6, 6.07) is 14.0. The summed E-state index contributed by atoms with van der Waals surface area (Å²) in [4.78, 5) is 41.9. The Kier molecular flexibility index (Phi) is 6.39. The lowest BCUT2D eigenvalue weighted by Crippen LogP contribution is -2.30. The molecule has 0 saturated carbocycles. The number of amides is 2. The minimum atomic E-state index is -0.755. The van der Waals surface area contributed by atoms with Gasteiger partial charge in [-0.2, -0.15) is 5.10 Å². The topological polar surface area (TPSA) is 115 Å². The molecule has 0 spiro atoms. The summed E-state index contributed by atoms with van der Waals surface area (Å²) in [6.45, 7) is 4.00. The molecule has 0 radical (unpaired) electrons. The standard InChI is InChI=1S/C27H24FN5O4/c1-15-3-6-18(7-4-15)16(2)31-27(36)23-11-22(32-25-21(28)13-30-33(23)25)26(35)29-12-17-5-8-24-19(9-17)10-20(34)14-37-24/h3-9,11,13,16H,10,12,14H2,1-2H3,(H,29,35)(H,31,36)/t16-/m0/s1. The molecule has 2 N–H and O–H groups in total. The highest BCUT2D eigenvalue weighted by molar-refractivity contribution is 5.98. The Bertz CT molecular complexity index is 1530. The van der Waals surface area contributed by atoms with E-state index in [0.29, 0.717) is 5.75 Å². The minimum absolute atomic E-state index is 0.0171. The zero-order valence-electron chi connectivity index (χ0n) is 20.2. The van der Waals surface area contributed by atoms with E-state index in [0.717, 1.165) is 33.0 Å². The molecule has 0 fully saturated rings. The predicted octanol–water partition coefficient (Wildman–Crippen LogP) is 3.10. The second kappa shape index (κ2) is 9.81. The number of benzene rings is 2. The molecule has 0 bridgehead atoms. The molecule has 188 valence electrons. The van der Waals surface area contributed by atoms with Crippen molar-refractivity contribution in [3.05, 3.63) is 94.2 Å². The molecule has 4 aromatic rings. The first-order chi connectivity index (χ1) is 17.8. The van der Waals surface area contributed by atoms with Gasteiger partial charge < -0.3 is 15.4 Å². The number of aromatic nitrogens is 3. The number of ether oxygens (including phenoxy) is 1. The molecule has 2 aromatic carbocycles. The van der Waals surface area contributed by atoms with Crippen LogP contribution in [-0.2, 0) is 17.8 Å². The van der Waals surface area contributed by atoms with Crippen molar-refractivity contribution in [1.29, 1.82) is 0 Å². The highest BCUT2D eigenvalue weighted by Gasteiger charge is 2.22. The summed E-state index contributed by atoms with van der Waals surface area (Å²) in [6.07, 6.45) is 1.22. The Morgan fingerprint density at radius 3 is 2.70 bits per heavy atom. The van der Waals surface area contributed by atoms with Crippen molar-refractivity contribution in [2.24, 2.45) is 0 Å². The third kappa shape index (κ3) is 5.04. The van der Waals surface area contributed by atoms with Gasteiger partial charge in [0.25, 0.3) is 11.8 Å². The monoisotopic (exact) mass is 501 g/mol. The lowest BCUT2D eigenvalue weighted by molar-refractivity contribution is -0.121. The first-order valence-electron chi connectivity index (χ1n) is 11.7. The minimum Gasteiger partial charge on any atom is -0.486 e. The van der Waals surface area contributed by atoms with Crippen molar-refractivity contribution in [1.82, 2.24) is 25.2 Å². The molecule has 3 heterocycles. The van der Waals surface area contributed by atoms with Crippen molar-refractivity contribution in [2.75, 3.05) is 6.61 Å². The number of nitrogens with one attached hydrogen (secondary N) is 2. The molecule has 10 heteroatoms. The maximum atomic E-state index is 14.4. The number of Topliss-reactive ketones (excluding diaryl/α,β-unsaturated/α-hetero) is 1. The van der Waals surface area contributed by atoms with E-state index in [1.54, 1.807) is 18.2 Å². The zero-order chi connectivity index (χ0) is 26.1.